The number of anilines is 1. The van der Waals surface area contributed by atoms with Crippen molar-refractivity contribution in [2.75, 3.05) is 5.73 Å². The zero-order valence-electron chi connectivity index (χ0n) is 9.82. The van der Waals surface area contributed by atoms with Gasteiger partial charge in [0.25, 0.3) is 0 Å². The standard InChI is InChI=1S/C12H10N6O/c13-10-6-8(12-15-17-18-16-12)7-11(14-10)19-9-4-2-1-3-5-9/h1-7H,(H2,13,14)(H,15,16,17,18). The first kappa shape index (κ1) is 11.1. The molecule has 0 radical (unpaired) electrons. The number of benzene rings is 1. The lowest BCUT2D eigenvalue weighted by Crippen LogP contribution is -1.95. The van der Waals surface area contributed by atoms with E-state index in [1.54, 1.807) is 12.1 Å². The van der Waals surface area contributed by atoms with Crippen molar-refractivity contribution in [3.8, 4) is 23.0 Å². The summed E-state index contributed by atoms with van der Waals surface area (Å²) in [4.78, 5) is 4.11. The zero-order valence-corrected chi connectivity index (χ0v) is 9.82. The summed E-state index contributed by atoms with van der Waals surface area (Å²) in [5, 5.41) is 13.7. The fourth-order valence-electron chi connectivity index (χ4n) is 1.60. The summed E-state index contributed by atoms with van der Waals surface area (Å²) in [7, 11) is 0. The quantitative estimate of drug-likeness (QED) is 0.736. The number of nitrogens with one attached hydrogen (secondary N) is 1. The number of tetrazole rings is 1. The van der Waals surface area contributed by atoms with Gasteiger partial charge < -0.3 is 10.5 Å². The van der Waals surface area contributed by atoms with Crippen LogP contribution in [0.25, 0.3) is 11.4 Å². The molecule has 19 heavy (non-hydrogen) atoms. The Labute approximate surface area is 108 Å². The highest BCUT2D eigenvalue weighted by Crippen LogP contribution is 2.25. The molecule has 7 heteroatoms. The number of para-hydroxylation sites is 1. The molecule has 7 nitrogen and oxygen atoms in total. The molecule has 2 heterocycles. The van der Waals surface area contributed by atoms with Gasteiger partial charge in [0.05, 0.1) is 0 Å². The minimum atomic E-state index is 0.327. The van der Waals surface area contributed by atoms with Crippen LogP contribution in [0.2, 0.25) is 0 Å². The Morgan fingerprint density at radius 3 is 2.68 bits per heavy atom. The number of ether oxygens (including phenoxy) is 1. The van der Waals surface area contributed by atoms with Crippen molar-refractivity contribution in [2.24, 2.45) is 0 Å². The maximum Gasteiger partial charge on any atom is 0.221 e. The Morgan fingerprint density at radius 1 is 1.11 bits per heavy atom. The SMILES string of the molecule is Nc1cc(-c2nn[nH]n2)cc(Oc2ccccc2)n1. The molecule has 0 aliphatic heterocycles. The van der Waals surface area contributed by atoms with E-state index in [2.05, 4.69) is 25.6 Å². The van der Waals surface area contributed by atoms with E-state index in [4.69, 9.17) is 10.5 Å². The average Bonchev–Trinajstić information content (AvgIpc) is 2.93. The summed E-state index contributed by atoms with van der Waals surface area (Å²) in [6, 6.07) is 12.7. The van der Waals surface area contributed by atoms with Gasteiger partial charge in [0.1, 0.15) is 11.6 Å². The van der Waals surface area contributed by atoms with Crippen LogP contribution in [0, 0.1) is 0 Å². The van der Waals surface area contributed by atoms with Gasteiger partial charge in [-0.25, -0.2) is 0 Å². The average molecular weight is 254 g/mol. The number of aromatic amines is 1. The van der Waals surface area contributed by atoms with Gasteiger partial charge in [-0.2, -0.15) is 10.2 Å². The van der Waals surface area contributed by atoms with Gasteiger partial charge in [-0.15, -0.1) is 10.2 Å². The number of H-pyrrole nitrogens is 1. The molecule has 0 atom stereocenters. The molecule has 94 valence electrons. The van der Waals surface area contributed by atoms with Crippen molar-refractivity contribution < 1.29 is 4.74 Å². The van der Waals surface area contributed by atoms with Crippen molar-refractivity contribution in [2.45, 2.75) is 0 Å². The predicted molar refractivity (Wildman–Crippen MR) is 68.3 cm³/mol. The monoisotopic (exact) mass is 254 g/mol. The largest absolute Gasteiger partial charge is 0.439 e. The van der Waals surface area contributed by atoms with Crippen LogP contribution in [0.1, 0.15) is 0 Å². The van der Waals surface area contributed by atoms with E-state index in [0.29, 0.717) is 28.8 Å². The summed E-state index contributed by atoms with van der Waals surface area (Å²) < 4.78 is 5.62. The fourth-order valence-corrected chi connectivity index (χ4v) is 1.60. The smallest absolute Gasteiger partial charge is 0.221 e. The first-order valence-corrected chi connectivity index (χ1v) is 5.55. The van der Waals surface area contributed by atoms with Gasteiger partial charge in [0.15, 0.2) is 0 Å². The molecule has 0 aliphatic rings. The fraction of sp³-hybridized carbons (Fsp3) is 0. The highest BCUT2D eigenvalue weighted by atomic mass is 16.5. The topological polar surface area (TPSA) is 103 Å². The third-order valence-corrected chi connectivity index (χ3v) is 2.39. The molecule has 3 aromatic rings. The van der Waals surface area contributed by atoms with Crippen LogP contribution in [0.5, 0.6) is 11.6 Å². The number of hydrogen-bond acceptors (Lipinski definition) is 6. The van der Waals surface area contributed by atoms with E-state index in [-0.39, 0.29) is 0 Å². The van der Waals surface area contributed by atoms with Crippen LogP contribution < -0.4 is 10.5 Å². The highest BCUT2D eigenvalue weighted by Gasteiger charge is 2.08. The Balaban J connectivity index is 1.94. The van der Waals surface area contributed by atoms with Crippen molar-refractivity contribution in [3.05, 3.63) is 42.5 Å². The third-order valence-electron chi connectivity index (χ3n) is 2.39. The number of hydrogen-bond donors (Lipinski definition) is 2. The predicted octanol–water partition coefficient (Wildman–Crippen LogP) is 1.64. The normalized spacial score (nSPS) is 10.3. The lowest BCUT2D eigenvalue weighted by Gasteiger charge is -2.06. The third kappa shape index (κ3) is 2.49. The lowest BCUT2D eigenvalue weighted by molar-refractivity contribution is 0.464. The number of aromatic nitrogens is 5. The highest BCUT2D eigenvalue weighted by molar-refractivity contribution is 5.60. The molecule has 1 aromatic carbocycles. The minimum Gasteiger partial charge on any atom is -0.439 e. The van der Waals surface area contributed by atoms with Crippen LogP contribution >= 0.6 is 0 Å². The second-order valence-corrected chi connectivity index (χ2v) is 3.77. The number of nitrogens with zero attached hydrogens (tertiary/aromatic N) is 4. The van der Waals surface area contributed by atoms with Crippen LogP contribution in [-0.4, -0.2) is 25.6 Å². The van der Waals surface area contributed by atoms with E-state index >= 15 is 0 Å². The van der Waals surface area contributed by atoms with Crippen molar-refractivity contribution in [1.29, 1.82) is 0 Å². The van der Waals surface area contributed by atoms with E-state index < -0.39 is 0 Å². The van der Waals surface area contributed by atoms with Gasteiger partial charge in [-0.3, -0.25) is 0 Å². The molecule has 0 amide bonds. The van der Waals surface area contributed by atoms with Crippen LogP contribution in [-0.2, 0) is 0 Å². The molecule has 0 bridgehead atoms. The second-order valence-electron chi connectivity index (χ2n) is 3.77. The van der Waals surface area contributed by atoms with E-state index in [0.717, 1.165) is 0 Å². The Morgan fingerprint density at radius 2 is 1.95 bits per heavy atom. The summed E-state index contributed by atoms with van der Waals surface area (Å²) in [6.45, 7) is 0. The Bertz CT molecular complexity index is 668. The molecule has 0 spiro atoms. The van der Waals surface area contributed by atoms with Gasteiger partial charge in [0, 0.05) is 11.6 Å². The van der Waals surface area contributed by atoms with Crippen molar-refractivity contribution in [3.63, 3.8) is 0 Å². The van der Waals surface area contributed by atoms with E-state index in [1.807, 2.05) is 30.3 Å². The summed E-state index contributed by atoms with van der Waals surface area (Å²) in [5.41, 5.74) is 6.43. The number of rotatable bonds is 3. The Hall–Kier alpha value is -2.96. The van der Waals surface area contributed by atoms with Gasteiger partial charge in [0.2, 0.25) is 11.7 Å². The van der Waals surface area contributed by atoms with Crippen molar-refractivity contribution in [1.82, 2.24) is 25.6 Å². The lowest BCUT2D eigenvalue weighted by atomic mass is 10.2. The second kappa shape index (κ2) is 4.73. The zero-order chi connectivity index (χ0) is 13.1. The van der Waals surface area contributed by atoms with Crippen molar-refractivity contribution >= 4 is 5.82 Å². The molecule has 3 rings (SSSR count). The van der Waals surface area contributed by atoms with E-state index in [1.165, 1.54) is 0 Å². The maximum absolute atomic E-state index is 5.74. The molecule has 0 fully saturated rings. The molecule has 0 saturated heterocycles. The molecule has 0 aliphatic carbocycles. The summed E-state index contributed by atoms with van der Waals surface area (Å²) >= 11 is 0. The van der Waals surface area contributed by atoms with Crippen LogP contribution in [0.3, 0.4) is 0 Å². The molecule has 2 aromatic heterocycles. The molecule has 3 N–H and O–H groups in total. The number of nitrogens with two attached hydrogens (primary N) is 1. The van der Waals surface area contributed by atoms with Gasteiger partial charge >= 0.3 is 0 Å². The number of pyridine rings is 1. The molecule has 0 unspecified atom stereocenters. The summed E-state index contributed by atoms with van der Waals surface area (Å²) in [6.07, 6.45) is 0. The first-order chi connectivity index (χ1) is 9.31. The van der Waals surface area contributed by atoms with Crippen LogP contribution in [0.4, 0.5) is 5.82 Å². The summed E-state index contributed by atoms with van der Waals surface area (Å²) in [5.74, 6) is 1.82. The number of nitrogen functional groups attached to an aromatic ring is 1. The minimum absolute atomic E-state index is 0.327. The molecule has 0 saturated carbocycles. The first-order valence-electron chi connectivity index (χ1n) is 5.55. The van der Waals surface area contributed by atoms with Gasteiger partial charge in [-0.05, 0) is 23.4 Å². The Kier molecular flexibility index (Phi) is 2.77. The van der Waals surface area contributed by atoms with Gasteiger partial charge in [-0.1, -0.05) is 18.2 Å². The molecular weight excluding hydrogens is 244 g/mol. The van der Waals surface area contributed by atoms with Crippen LogP contribution in [0.15, 0.2) is 42.5 Å². The molecular formula is C12H10N6O. The van der Waals surface area contributed by atoms with E-state index in [9.17, 15) is 0 Å². The maximum atomic E-state index is 5.74.